The molecule has 1 aliphatic rings. The largest absolute Gasteiger partial charge is 0.339 e. The molecule has 1 aromatic carbocycles. The molecular formula is C18H17N9. The Morgan fingerprint density at radius 1 is 0.926 bits per heavy atom. The van der Waals surface area contributed by atoms with Gasteiger partial charge in [0.05, 0.1) is 17.8 Å². The van der Waals surface area contributed by atoms with E-state index in [1.54, 1.807) is 30.7 Å². The number of piperazine rings is 1. The number of nitrogens with one attached hydrogen (secondary N) is 1. The molecule has 1 saturated heterocycles. The van der Waals surface area contributed by atoms with Crippen LogP contribution in [0.5, 0.6) is 0 Å². The number of nitrogens with zero attached hydrogens (tertiary/aromatic N) is 8. The van der Waals surface area contributed by atoms with Crippen molar-refractivity contribution in [3.63, 3.8) is 0 Å². The molecule has 0 radical (unpaired) electrons. The lowest BCUT2D eigenvalue weighted by molar-refractivity contribution is 0.624. The van der Waals surface area contributed by atoms with Gasteiger partial charge in [-0.25, -0.2) is 9.97 Å². The molecular weight excluding hydrogens is 342 g/mol. The fourth-order valence-electron chi connectivity index (χ4n) is 2.83. The van der Waals surface area contributed by atoms with E-state index in [0.717, 1.165) is 37.8 Å². The average Bonchev–Trinajstić information content (AvgIpc) is 2.75. The molecule has 0 bridgehead atoms. The zero-order valence-corrected chi connectivity index (χ0v) is 14.5. The van der Waals surface area contributed by atoms with Crippen molar-refractivity contribution in [1.29, 1.82) is 5.26 Å². The number of rotatable bonds is 4. The van der Waals surface area contributed by atoms with E-state index < -0.39 is 0 Å². The van der Waals surface area contributed by atoms with Crippen molar-refractivity contribution in [3.05, 3.63) is 54.5 Å². The Hall–Kier alpha value is -3.80. The Morgan fingerprint density at radius 2 is 1.59 bits per heavy atom. The lowest BCUT2D eigenvalue weighted by atomic mass is 10.2. The van der Waals surface area contributed by atoms with E-state index >= 15 is 0 Å². The molecule has 0 spiro atoms. The van der Waals surface area contributed by atoms with Crippen LogP contribution in [0.1, 0.15) is 5.56 Å². The highest BCUT2D eigenvalue weighted by Gasteiger charge is 2.21. The number of aromatic nitrogens is 5. The Morgan fingerprint density at radius 3 is 2.26 bits per heavy atom. The van der Waals surface area contributed by atoms with Gasteiger partial charge in [-0.1, -0.05) is 0 Å². The molecule has 9 heteroatoms. The van der Waals surface area contributed by atoms with Crippen molar-refractivity contribution < 1.29 is 0 Å². The summed E-state index contributed by atoms with van der Waals surface area (Å²) in [7, 11) is 0. The molecule has 1 N–H and O–H groups in total. The summed E-state index contributed by atoms with van der Waals surface area (Å²) in [6.07, 6.45) is 5.08. The number of hydrogen-bond donors (Lipinski definition) is 1. The molecule has 3 aromatic rings. The molecule has 1 aliphatic heterocycles. The summed E-state index contributed by atoms with van der Waals surface area (Å²) in [4.78, 5) is 17.4. The van der Waals surface area contributed by atoms with E-state index in [2.05, 4.69) is 46.3 Å². The third-order valence-corrected chi connectivity index (χ3v) is 4.23. The quantitative estimate of drug-likeness (QED) is 0.743. The van der Waals surface area contributed by atoms with E-state index in [1.807, 2.05) is 18.2 Å². The standard InChI is InChI=1S/C18H17N9/c19-12-14-2-4-15(5-3-14)23-16-13-22-25-18(24-16)27-10-8-26(9-11-27)17-20-6-1-7-21-17/h1-7,13H,8-11H2,(H,23,24,25). The van der Waals surface area contributed by atoms with E-state index in [9.17, 15) is 0 Å². The molecule has 0 aliphatic carbocycles. The van der Waals surface area contributed by atoms with Gasteiger partial charge in [0.15, 0.2) is 5.82 Å². The maximum Gasteiger partial charge on any atom is 0.247 e. The molecule has 3 heterocycles. The van der Waals surface area contributed by atoms with E-state index in [-0.39, 0.29) is 0 Å². The lowest BCUT2D eigenvalue weighted by Gasteiger charge is -2.34. The SMILES string of the molecule is N#Cc1ccc(Nc2cnnc(N3CCN(c4ncccn4)CC3)n2)cc1. The Kier molecular flexibility index (Phi) is 4.70. The van der Waals surface area contributed by atoms with Crippen LogP contribution in [-0.2, 0) is 0 Å². The number of anilines is 4. The molecule has 0 atom stereocenters. The van der Waals surface area contributed by atoms with Gasteiger partial charge in [-0.05, 0) is 30.3 Å². The first-order chi connectivity index (χ1) is 13.3. The smallest absolute Gasteiger partial charge is 0.247 e. The molecule has 134 valence electrons. The maximum atomic E-state index is 8.87. The van der Waals surface area contributed by atoms with Crippen LogP contribution in [0.25, 0.3) is 0 Å². The van der Waals surface area contributed by atoms with Gasteiger partial charge in [0.25, 0.3) is 0 Å². The van der Waals surface area contributed by atoms with E-state index in [4.69, 9.17) is 5.26 Å². The van der Waals surface area contributed by atoms with Crippen molar-refractivity contribution in [2.75, 3.05) is 41.3 Å². The van der Waals surface area contributed by atoms with Crippen LogP contribution in [-0.4, -0.2) is 51.3 Å². The number of hydrogen-bond acceptors (Lipinski definition) is 9. The molecule has 4 rings (SSSR count). The van der Waals surface area contributed by atoms with Gasteiger partial charge in [0.1, 0.15) is 0 Å². The monoisotopic (exact) mass is 359 g/mol. The second-order valence-electron chi connectivity index (χ2n) is 5.98. The Balaban J connectivity index is 1.41. The summed E-state index contributed by atoms with van der Waals surface area (Å²) < 4.78 is 0. The first-order valence-corrected chi connectivity index (χ1v) is 8.56. The molecule has 2 aromatic heterocycles. The minimum Gasteiger partial charge on any atom is -0.339 e. The van der Waals surface area contributed by atoms with Crippen molar-refractivity contribution in [3.8, 4) is 6.07 Å². The highest BCUT2D eigenvalue weighted by molar-refractivity contribution is 5.57. The molecule has 1 fully saturated rings. The predicted molar refractivity (Wildman–Crippen MR) is 101 cm³/mol. The predicted octanol–water partition coefficient (Wildman–Crippen LogP) is 1.60. The van der Waals surface area contributed by atoms with Crippen LogP contribution < -0.4 is 15.1 Å². The third kappa shape index (κ3) is 3.90. The molecule has 9 nitrogen and oxygen atoms in total. The van der Waals surface area contributed by atoms with Crippen LogP contribution in [0.15, 0.2) is 48.9 Å². The Bertz CT molecular complexity index is 929. The van der Waals surface area contributed by atoms with Gasteiger partial charge in [-0.15, -0.1) is 5.10 Å². The van der Waals surface area contributed by atoms with Gasteiger partial charge in [-0.3, -0.25) is 0 Å². The van der Waals surface area contributed by atoms with Crippen LogP contribution in [0.3, 0.4) is 0 Å². The van der Waals surface area contributed by atoms with Crippen LogP contribution in [0.2, 0.25) is 0 Å². The summed E-state index contributed by atoms with van der Waals surface area (Å²) in [6, 6.07) is 11.1. The summed E-state index contributed by atoms with van der Waals surface area (Å²) in [6.45, 7) is 3.11. The zero-order valence-electron chi connectivity index (χ0n) is 14.5. The molecule has 0 amide bonds. The Labute approximate surface area is 156 Å². The lowest BCUT2D eigenvalue weighted by Crippen LogP contribution is -2.47. The van der Waals surface area contributed by atoms with Crippen molar-refractivity contribution in [2.24, 2.45) is 0 Å². The van der Waals surface area contributed by atoms with E-state index in [0.29, 0.717) is 17.3 Å². The fraction of sp³-hybridized carbons (Fsp3) is 0.222. The second-order valence-corrected chi connectivity index (χ2v) is 5.98. The van der Waals surface area contributed by atoms with Crippen LogP contribution in [0.4, 0.5) is 23.4 Å². The summed E-state index contributed by atoms with van der Waals surface area (Å²) >= 11 is 0. The first-order valence-electron chi connectivity index (χ1n) is 8.56. The number of benzene rings is 1. The number of nitriles is 1. The van der Waals surface area contributed by atoms with Crippen molar-refractivity contribution in [1.82, 2.24) is 25.1 Å². The van der Waals surface area contributed by atoms with Gasteiger partial charge in [-0.2, -0.15) is 15.3 Å². The summed E-state index contributed by atoms with van der Waals surface area (Å²) in [5.41, 5.74) is 1.45. The second kappa shape index (κ2) is 7.61. The minimum atomic E-state index is 0.585. The van der Waals surface area contributed by atoms with Gasteiger partial charge in [0, 0.05) is 44.3 Å². The minimum absolute atomic E-state index is 0.585. The molecule has 0 saturated carbocycles. The van der Waals surface area contributed by atoms with Crippen molar-refractivity contribution in [2.45, 2.75) is 0 Å². The topological polar surface area (TPSA) is 107 Å². The summed E-state index contributed by atoms with van der Waals surface area (Å²) in [5, 5.41) is 20.3. The molecule has 27 heavy (non-hydrogen) atoms. The van der Waals surface area contributed by atoms with Crippen molar-refractivity contribution >= 4 is 23.4 Å². The third-order valence-electron chi connectivity index (χ3n) is 4.23. The zero-order chi connectivity index (χ0) is 18.5. The average molecular weight is 359 g/mol. The van der Waals surface area contributed by atoms with Crippen LogP contribution in [0, 0.1) is 11.3 Å². The van der Waals surface area contributed by atoms with E-state index in [1.165, 1.54) is 0 Å². The summed E-state index contributed by atoms with van der Waals surface area (Å²) in [5.74, 6) is 1.94. The highest BCUT2D eigenvalue weighted by Crippen LogP contribution is 2.18. The fourth-order valence-corrected chi connectivity index (χ4v) is 2.83. The molecule has 0 unspecified atom stereocenters. The van der Waals surface area contributed by atoms with Gasteiger partial charge < -0.3 is 15.1 Å². The first kappa shape index (κ1) is 16.7. The normalized spacial score (nSPS) is 13.9. The highest BCUT2D eigenvalue weighted by atomic mass is 15.4. The van der Waals surface area contributed by atoms with Gasteiger partial charge >= 0.3 is 0 Å². The van der Waals surface area contributed by atoms with Gasteiger partial charge in [0.2, 0.25) is 11.9 Å². The maximum absolute atomic E-state index is 8.87. The van der Waals surface area contributed by atoms with Crippen LogP contribution >= 0.6 is 0 Å².